The number of nitrogens with one attached hydrogen (secondary N) is 3. The normalized spacial score (nSPS) is 11.6. The van der Waals surface area contributed by atoms with Gasteiger partial charge in [0.2, 0.25) is 0 Å². The smallest absolute Gasteiger partial charge is 0.279 e. The number of rotatable bonds is 10. The molecule has 2 aromatic rings. The molecule has 5 nitrogen and oxygen atoms in total. The summed E-state index contributed by atoms with van der Waals surface area (Å²) in [6, 6.07) is 15.9. The summed E-state index contributed by atoms with van der Waals surface area (Å²) in [5.41, 5.74) is 1.68. The van der Waals surface area contributed by atoms with E-state index in [9.17, 15) is 14.0 Å². The van der Waals surface area contributed by atoms with Gasteiger partial charge in [0.1, 0.15) is 5.82 Å². The van der Waals surface area contributed by atoms with Crippen LogP contribution < -0.4 is 15.5 Å². The van der Waals surface area contributed by atoms with Gasteiger partial charge in [0, 0.05) is 23.7 Å². The first kappa shape index (κ1) is 20.9. The zero-order chi connectivity index (χ0) is 19.5. The van der Waals surface area contributed by atoms with Crippen molar-refractivity contribution in [1.29, 1.82) is 0 Å². The van der Waals surface area contributed by atoms with Crippen LogP contribution >= 0.6 is 11.8 Å². The summed E-state index contributed by atoms with van der Waals surface area (Å²) in [6.07, 6.45) is 0. The summed E-state index contributed by atoms with van der Waals surface area (Å²) in [5, 5.41) is 5.50. The monoisotopic (exact) mass is 390 g/mol. The highest BCUT2D eigenvalue weighted by atomic mass is 32.2. The molecule has 3 N–H and O–H groups in total. The molecule has 0 saturated heterocycles. The van der Waals surface area contributed by atoms with E-state index in [-0.39, 0.29) is 24.9 Å². The van der Waals surface area contributed by atoms with E-state index >= 15 is 0 Å². The van der Waals surface area contributed by atoms with E-state index < -0.39 is 5.82 Å². The van der Waals surface area contributed by atoms with Gasteiger partial charge in [-0.2, -0.15) is 11.8 Å². The van der Waals surface area contributed by atoms with Crippen molar-refractivity contribution in [3.05, 3.63) is 66.0 Å². The highest BCUT2D eigenvalue weighted by Gasteiger charge is 2.14. The summed E-state index contributed by atoms with van der Waals surface area (Å²) in [4.78, 5) is 24.7. The molecule has 0 aromatic heterocycles. The van der Waals surface area contributed by atoms with Gasteiger partial charge in [0.15, 0.2) is 13.1 Å². The van der Waals surface area contributed by atoms with E-state index in [1.807, 2.05) is 18.2 Å². The molecule has 2 rings (SSSR count). The Kier molecular flexibility index (Phi) is 8.80. The number of anilines is 1. The fourth-order valence-electron chi connectivity index (χ4n) is 2.47. The standard InChI is InChI=1S/C20H24FN3O2S/c1-24(14-20(26)23-18-9-5-8-17(21)12-18)13-19(25)22-10-11-27-15-16-6-3-2-4-7-16/h2-9,12H,10-11,13-15H2,1H3,(H,22,25)(H,23,26)/p+1. The molecule has 0 spiro atoms. The lowest BCUT2D eigenvalue weighted by Gasteiger charge is -2.13. The predicted octanol–water partition coefficient (Wildman–Crippen LogP) is 1.33. The molecule has 7 heteroatoms. The SMILES string of the molecule is C[NH+](CC(=O)NCCSCc1ccccc1)CC(=O)Nc1cccc(F)c1. The average molecular weight is 391 g/mol. The number of amides is 2. The number of halogens is 1. The van der Waals surface area contributed by atoms with Crippen molar-refractivity contribution in [2.45, 2.75) is 5.75 Å². The van der Waals surface area contributed by atoms with E-state index in [0.717, 1.165) is 16.4 Å². The number of quaternary nitrogens is 1. The van der Waals surface area contributed by atoms with Gasteiger partial charge in [-0.25, -0.2) is 4.39 Å². The third kappa shape index (κ3) is 8.70. The van der Waals surface area contributed by atoms with Crippen molar-refractivity contribution < 1.29 is 18.9 Å². The van der Waals surface area contributed by atoms with Crippen molar-refractivity contribution in [2.24, 2.45) is 0 Å². The summed E-state index contributed by atoms with van der Waals surface area (Å²) in [5.74, 6) is 0.996. The van der Waals surface area contributed by atoms with Crippen LogP contribution in [0.15, 0.2) is 54.6 Å². The van der Waals surface area contributed by atoms with Crippen molar-refractivity contribution >= 4 is 29.3 Å². The van der Waals surface area contributed by atoms with Gasteiger partial charge < -0.3 is 15.5 Å². The molecule has 0 saturated carbocycles. The molecule has 0 fully saturated rings. The number of hydrogen-bond acceptors (Lipinski definition) is 3. The molecule has 0 aliphatic rings. The molecule has 0 heterocycles. The first-order chi connectivity index (χ1) is 13.0. The Bertz CT molecular complexity index is 743. The number of benzene rings is 2. The Morgan fingerprint density at radius 1 is 1.04 bits per heavy atom. The van der Waals surface area contributed by atoms with Crippen LogP contribution in [0.4, 0.5) is 10.1 Å². The van der Waals surface area contributed by atoms with Crippen LogP contribution in [0.2, 0.25) is 0 Å². The fourth-order valence-corrected chi connectivity index (χ4v) is 3.29. The van der Waals surface area contributed by atoms with Gasteiger partial charge >= 0.3 is 0 Å². The van der Waals surface area contributed by atoms with E-state index in [1.165, 1.54) is 23.8 Å². The second-order valence-electron chi connectivity index (χ2n) is 6.26. The van der Waals surface area contributed by atoms with Crippen molar-refractivity contribution in [2.75, 3.05) is 37.8 Å². The van der Waals surface area contributed by atoms with Crippen LogP contribution in [0, 0.1) is 5.82 Å². The molecule has 0 aliphatic heterocycles. The van der Waals surface area contributed by atoms with Crippen LogP contribution in [0.25, 0.3) is 0 Å². The molecular formula is C20H25FN3O2S+. The Balaban J connectivity index is 1.58. The van der Waals surface area contributed by atoms with E-state index in [1.54, 1.807) is 24.9 Å². The number of likely N-dealkylation sites (N-methyl/N-ethyl adjacent to an activating group) is 1. The maximum atomic E-state index is 13.1. The van der Waals surface area contributed by atoms with Crippen molar-refractivity contribution in [3.8, 4) is 0 Å². The predicted molar refractivity (Wildman–Crippen MR) is 107 cm³/mol. The zero-order valence-electron chi connectivity index (χ0n) is 15.3. The Hall–Kier alpha value is -2.38. The molecule has 144 valence electrons. The minimum Gasteiger partial charge on any atom is -0.350 e. The second-order valence-corrected chi connectivity index (χ2v) is 7.36. The lowest BCUT2D eigenvalue weighted by atomic mass is 10.2. The molecule has 0 aliphatic carbocycles. The lowest BCUT2D eigenvalue weighted by Crippen LogP contribution is -3.11. The first-order valence-corrected chi connectivity index (χ1v) is 9.93. The molecule has 0 radical (unpaired) electrons. The average Bonchev–Trinajstić information content (AvgIpc) is 2.62. The lowest BCUT2D eigenvalue weighted by molar-refractivity contribution is -0.862. The first-order valence-electron chi connectivity index (χ1n) is 8.78. The molecule has 1 atom stereocenters. The quantitative estimate of drug-likeness (QED) is 0.537. The minimum absolute atomic E-state index is 0.0913. The number of carbonyl (C=O) groups is 2. The van der Waals surface area contributed by atoms with Gasteiger partial charge in [-0.05, 0) is 23.8 Å². The van der Waals surface area contributed by atoms with Crippen LogP contribution in [0.1, 0.15) is 5.56 Å². The topological polar surface area (TPSA) is 62.6 Å². The largest absolute Gasteiger partial charge is 0.350 e. The van der Waals surface area contributed by atoms with Crippen molar-refractivity contribution in [1.82, 2.24) is 5.32 Å². The van der Waals surface area contributed by atoms with Crippen molar-refractivity contribution in [3.63, 3.8) is 0 Å². The Morgan fingerprint density at radius 2 is 1.78 bits per heavy atom. The van der Waals surface area contributed by atoms with Crippen LogP contribution in [0.5, 0.6) is 0 Å². The molecule has 27 heavy (non-hydrogen) atoms. The molecule has 1 unspecified atom stereocenters. The number of thioether (sulfide) groups is 1. The summed E-state index contributed by atoms with van der Waals surface area (Å²) in [7, 11) is 1.77. The fraction of sp³-hybridized carbons (Fsp3) is 0.300. The molecule has 0 bridgehead atoms. The van der Waals surface area contributed by atoms with E-state index in [0.29, 0.717) is 12.2 Å². The molecular weight excluding hydrogens is 365 g/mol. The van der Waals surface area contributed by atoms with Gasteiger partial charge in [-0.15, -0.1) is 0 Å². The number of carbonyl (C=O) groups excluding carboxylic acids is 2. The third-order valence-corrected chi connectivity index (χ3v) is 4.74. The highest BCUT2D eigenvalue weighted by Crippen LogP contribution is 2.10. The highest BCUT2D eigenvalue weighted by molar-refractivity contribution is 7.98. The van der Waals surface area contributed by atoms with Gasteiger partial charge in [0.05, 0.1) is 7.05 Å². The zero-order valence-corrected chi connectivity index (χ0v) is 16.2. The van der Waals surface area contributed by atoms with E-state index in [4.69, 9.17) is 0 Å². The maximum Gasteiger partial charge on any atom is 0.279 e. The Labute approximate surface area is 163 Å². The molecule has 2 amide bonds. The third-order valence-electron chi connectivity index (χ3n) is 3.71. The van der Waals surface area contributed by atoms with Crippen LogP contribution in [0.3, 0.4) is 0 Å². The van der Waals surface area contributed by atoms with Crippen LogP contribution in [-0.4, -0.2) is 44.2 Å². The summed E-state index contributed by atoms with van der Waals surface area (Å²) >= 11 is 1.76. The minimum atomic E-state index is -0.405. The summed E-state index contributed by atoms with van der Waals surface area (Å²) < 4.78 is 13.1. The van der Waals surface area contributed by atoms with Gasteiger partial charge in [-0.3, -0.25) is 9.59 Å². The maximum absolute atomic E-state index is 13.1. The Morgan fingerprint density at radius 3 is 2.52 bits per heavy atom. The van der Waals surface area contributed by atoms with Crippen LogP contribution in [-0.2, 0) is 15.3 Å². The van der Waals surface area contributed by atoms with E-state index in [2.05, 4.69) is 22.8 Å². The van der Waals surface area contributed by atoms with Gasteiger partial charge in [-0.1, -0.05) is 36.4 Å². The van der Waals surface area contributed by atoms with Gasteiger partial charge in [0.25, 0.3) is 11.8 Å². The molecule has 2 aromatic carbocycles. The summed E-state index contributed by atoms with van der Waals surface area (Å²) in [6.45, 7) is 0.936. The number of hydrogen-bond donors (Lipinski definition) is 3. The second kappa shape index (κ2) is 11.4.